The molecule has 2 aliphatic rings. The Morgan fingerprint density at radius 3 is 2.61 bits per heavy atom. The lowest BCUT2D eigenvalue weighted by Crippen LogP contribution is -2.40. The number of nitrogens with zero attached hydrogens (tertiary/aromatic N) is 3. The molecular weight excluding hydrogens is 446 g/mol. The first kappa shape index (κ1) is 21.0. The van der Waals surface area contributed by atoms with Crippen LogP contribution in [-0.2, 0) is 9.59 Å². The number of halogens is 2. The number of para-hydroxylation sites is 1. The molecule has 0 aromatic heterocycles. The zero-order chi connectivity index (χ0) is 22.9. The molecule has 1 unspecified atom stereocenters. The number of rotatable bonds is 4. The smallest absolute Gasteiger partial charge is 0.263 e. The molecule has 164 valence electrons. The normalized spacial score (nSPS) is 16.6. The van der Waals surface area contributed by atoms with E-state index in [1.165, 1.54) is 4.90 Å². The molecule has 3 aromatic rings. The van der Waals surface area contributed by atoms with Gasteiger partial charge in [-0.2, -0.15) is 0 Å². The van der Waals surface area contributed by atoms with E-state index in [9.17, 15) is 18.4 Å². The fraction of sp³-hybridized carbons (Fsp3) is 0.0833. The highest BCUT2D eigenvalue weighted by atomic mass is 32.2. The Kier molecular flexibility index (Phi) is 5.47. The van der Waals surface area contributed by atoms with Gasteiger partial charge in [-0.15, -0.1) is 0 Å². The van der Waals surface area contributed by atoms with Gasteiger partial charge in [0.15, 0.2) is 11.2 Å². The average Bonchev–Trinajstić information content (AvgIpc) is 3.18. The SMILES string of the molecule is O=C(CSC1=Nc2ccccc2C2=NC(c3ccccc3)C(=O)N12)Nc1cc(F)ccc1F. The summed E-state index contributed by atoms with van der Waals surface area (Å²) in [7, 11) is 0. The van der Waals surface area contributed by atoms with E-state index in [0.717, 1.165) is 41.1 Å². The molecule has 0 saturated carbocycles. The predicted octanol–water partition coefficient (Wildman–Crippen LogP) is 4.67. The molecule has 0 aliphatic carbocycles. The number of amides is 2. The van der Waals surface area contributed by atoms with Crippen LogP contribution in [0.3, 0.4) is 0 Å². The summed E-state index contributed by atoms with van der Waals surface area (Å²) in [5.41, 5.74) is 1.86. The maximum absolute atomic E-state index is 13.8. The van der Waals surface area contributed by atoms with E-state index in [-0.39, 0.29) is 17.3 Å². The van der Waals surface area contributed by atoms with Crippen LogP contribution < -0.4 is 5.32 Å². The van der Waals surface area contributed by atoms with Crippen molar-refractivity contribution in [2.24, 2.45) is 9.98 Å². The molecule has 0 fully saturated rings. The number of amidine groups is 2. The van der Waals surface area contributed by atoms with Gasteiger partial charge in [0.25, 0.3) is 5.91 Å². The standard InChI is InChI=1S/C24H16F2N4O2S/c25-15-10-11-17(26)19(12-15)27-20(31)13-33-24-28-18-9-5-4-8-16(18)22-29-21(23(32)30(22)24)14-6-2-1-3-7-14/h1-12,21H,13H2,(H,27,31). The number of hydrogen-bond donors (Lipinski definition) is 1. The van der Waals surface area contributed by atoms with Crippen LogP contribution >= 0.6 is 11.8 Å². The van der Waals surface area contributed by atoms with Crippen molar-refractivity contribution in [1.29, 1.82) is 0 Å². The molecule has 0 bridgehead atoms. The second kappa shape index (κ2) is 8.59. The van der Waals surface area contributed by atoms with Crippen LogP contribution in [0.25, 0.3) is 0 Å². The molecule has 9 heteroatoms. The summed E-state index contributed by atoms with van der Waals surface area (Å²) in [4.78, 5) is 36.4. The first-order valence-electron chi connectivity index (χ1n) is 10.0. The van der Waals surface area contributed by atoms with Gasteiger partial charge in [-0.1, -0.05) is 54.2 Å². The van der Waals surface area contributed by atoms with E-state index in [4.69, 9.17) is 0 Å². The number of benzene rings is 3. The molecule has 0 spiro atoms. The average molecular weight is 462 g/mol. The van der Waals surface area contributed by atoms with Crippen molar-refractivity contribution in [3.05, 3.63) is 95.6 Å². The molecule has 2 heterocycles. The minimum absolute atomic E-state index is 0.163. The van der Waals surface area contributed by atoms with E-state index >= 15 is 0 Å². The maximum atomic E-state index is 13.8. The van der Waals surface area contributed by atoms with Crippen LogP contribution in [0.4, 0.5) is 20.2 Å². The lowest BCUT2D eigenvalue weighted by molar-refractivity contribution is -0.124. The van der Waals surface area contributed by atoms with Gasteiger partial charge in [0.05, 0.1) is 17.1 Å². The zero-order valence-electron chi connectivity index (χ0n) is 17.0. The van der Waals surface area contributed by atoms with Crippen LogP contribution in [-0.4, -0.2) is 33.5 Å². The molecule has 6 nitrogen and oxygen atoms in total. The highest BCUT2D eigenvalue weighted by Gasteiger charge is 2.42. The van der Waals surface area contributed by atoms with E-state index in [1.807, 2.05) is 48.5 Å². The Balaban J connectivity index is 1.40. The Hall–Kier alpha value is -3.85. The van der Waals surface area contributed by atoms with Crippen LogP contribution in [0.5, 0.6) is 0 Å². The largest absolute Gasteiger partial charge is 0.323 e. The van der Waals surface area contributed by atoms with Gasteiger partial charge in [0, 0.05) is 11.6 Å². The van der Waals surface area contributed by atoms with Crippen molar-refractivity contribution >= 4 is 46.0 Å². The third-order valence-electron chi connectivity index (χ3n) is 5.12. The Morgan fingerprint density at radius 2 is 1.79 bits per heavy atom. The van der Waals surface area contributed by atoms with Gasteiger partial charge < -0.3 is 5.32 Å². The van der Waals surface area contributed by atoms with Crippen molar-refractivity contribution in [2.75, 3.05) is 11.1 Å². The van der Waals surface area contributed by atoms with Gasteiger partial charge in [0.1, 0.15) is 17.5 Å². The molecule has 2 amide bonds. The first-order chi connectivity index (χ1) is 16.0. The summed E-state index contributed by atoms with van der Waals surface area (Å²) in [5, 5.41) is 2.65. The Labute approximate surface area is 192 Å². The van der Waals surface area contributed by atoms with Crippen molar-refractivity contribution in [2.45, 2.75) is 6.04 Å². The molecule has 0 saturated heterocycles. The highest BCUT2D eigenvalue weighted by molar-refractivity contribution is 8.14. The number of fused-ring (bicyclic) bond motifs is 3. The number of hydrogen-bond acceptors (Lipinski definition) is 5. The highest BCUT2D eigenvalue weighted by Crippen LogP contribution is 2.37. The number of aliphatic imine (C=N–C) groups is 2. The maximum Gasteiger partial charge on any atom is 0.263 e. The second-order valence-corrected chi connectivity index (χ2v) is 8.25. The topological polar surface area (TPSA) is 74.1 Å². The minimum atomic E-state index is -0.742. The molecule has 0 radical (unpaired) electrons. The Morgan fingerprint density at radius 1 is 1.03 bits per heavy atom. The predicted molar refractivity (Wildman–Crippen MR) is 124 cm³/mol. The second-order valence-electron chi connectivity index (χ2n) is 7.31. The van der Waals surface area contributed by atoms with Crippen molar-refractivity contribution in [3.8, 4) is 0 Å². The lowest BCUT2D eigenvalue weighted by Gasteiger charge is -2.25. The van der Waals surface area contributed by atoms with Crippen molar-refractivity contribution in [3.63, 3.8) is 0 Å². The fourth-order valence-corrected chi connectivity index (χ4v) is 4.41. The number of nitrogens with one attached hydrogen (secondary N) is 1. The third kappa shape index (κ3) is 4.03. The molecule has 1 atom stereocenters. The molecule has 3 aromatic carbocycles. The lowest BCUT2D eigenvalue weighted by atomic mass is 10.1. The van der Waals surface area contributed by atoms with Gasteiger partial charge >= 0.3 is 0 Å². The van der Waals surface area contributed by atoms with Crippen LogP contribution in [0.1, 0.15) is 17.2 Å². The van der Waals surface area contributed by atoms with Gasteiger partial charge in [0.2, 0.25) is 5.91 Å². The summed E-state index contributed by atoms with van der Waals surface area (Å²) >= 11 is 1.02. The summed E-state index contributed by atoms with van der Waals surface area (Å²) in [6.07, 6.45) is 0. The number of carbonyl (C=O) groups excluding carboxylic acids is 2. The van der Waals surface area contributed by atoms with E-state index in [2.05, 4.69) is 15.3 Å². The number of carbonyl (C=O) groups is 2. The van der Waals surface area contributed by atoms with Crippen LogP contribution in [0.15, 0.2) is 82.8 Å². The minimum Gasteiger partial charge on any atom is -0.323 e. The molecule has 33 heavy (non-hydrogen) atoms. The summed E-state index contributed by atoms with van der Waals surface area (Å²) in [6.45, 7) is 0. The summed E-state index contributed by atoms with van der Waals surface area (Å²) < 4.78 is 27.2. The third-order valence-corrected chi connectivity index (χ3v) is 6.06. The number of thioether (sulfide) groups is 1. The first-order valence-corrected chi connectivity index (χ1v) is 11.0. The van der Waals surface area contributed by atoms with Gasteiger partial charge in [-0.05, 0) is 29.8 Å². The van der Waals surface area contributed by atoms with Crippen molar-refractivity contribution < 1.29 is 18.4 Å². The molecular formula is C24H16F2N4O2S. The summed E-state index contributed by atoms with van der Waals surface area (Å²) in [5.74, 6) is -1.93. The Bertz CT molecular complexity index is 1330. The quantitative estimate of drug-likeness (QED) is 0.613. The van der Waals surface area contributed by atoms with Crippen LogP contribution in [0, 0.1) is 11.6 Å². The van der Waals surface area contributed by atoms with E-state index in [0.29, 0.717) is 16.7 Å². The van der Waals surface area contributed by atoms with E-state index < -0.39 is 23.6 Å². The fourth-order valence-electron chi connectivity index (χ4n) is 3.61. The zero-order valence-corrected chi connectivity index (χ0v) is 17.9. The summed E-state index contributed by atoms with van der Waals surface area (Å²) in [6, 6.07) is 18.6. The van der Waals surface area contributed by atoms with Gasteiger partial charge in [-0.25, -0.2) is 23.7 Å². The van der Waals surface area contributed by atoms with Crippen molar-refractivity contribution in [1.82, 2.24) is 4.90 Å². The molecule has 5 rings (SSSR count). The molecule has 1 N–H and O–H groups in total. The monoisotopic (exact) mass is 462 g/mol. The van der Waals surface area contributed by atoms with Gasteiger partial charge in [-0.3, -0.25) is 9.59 Å². The van der Waals surface area contributed by atoms with E-state index in [1.54, 1.807) is 6.07 Å². The molecule has 2 aliphatic heterocycles. The van der Waals surface area contributed by atoms with Crippen LogP contribution in [0.2, 0.25) is 0 Å². The number of anilines is 1.